The zero-order valence-corrected chi connectivity index (χ0v) is 15.5. The number of quaternary nitrogens is 1. The van der Waals surface area contributed by atoms with E-state index in [2.05, 4.69) is 10.3 Å². The van der Waals surface area contributed by atoms with Gasteiger partial charge in [0.1, 0.15) is 5.75 Å². The van der Waals surface area contributed by atoms with Crippen LogP contribution in [0.25, 0.3) is 0 Å². The van der Waals surface area contributed by atoms with Gasteiger partial charge in [-0.25, -0.2) is 4.99 Å². The fourth-order valence-electron chi connectivity index (χ4n) is 2.86. The van der Waals surface area contributed by atoms with E-state index in [9.17, 15) is 4.79 Å². The Morgan fingerprint density at radius 1 is 1.20 bits per heavy atom. The van der Waals surface area contributed by atoms with Crippen molar-refractivity contribution in [1.29, 1.82) is 0 Å². The summed E-state index contributed by atoms with van der Waals surface area (Å²) in [6, 6.07) is 7.26. The summed E-state index contributed by atoms with van der Waals surface area (Å²) < 4.78 is 10.8. The number of amidine groups is 1. The Labute approximate surface area is 150 Å². The van der Waals surface area contributed by atoms with E-state index in [1.54, 1.807) is 36.3 Å². The molecule has 2 rings (SSSR count). The molecule has 0 radical (unpaired) electrons. The Morgan fingerprint density at radius 2 is 1.88 bits per heavy atom. The summed E-state index contributed by atoms with van der Waals surface area (Å²) in [5.74, 6) is 0.487. The molecule has 1 aromatic carbocycles. The molecule has 1 aliphatic rings. The Kier molecular flexibility index (Phi) is 7.73. The molecular formula is C19H30N3O3+. The van der Waals surface area contributed by atoms with E-state index in [1.807, 2.05) is 13.8 Å². The summed E-state index contributed by atoms with van der Waals surface area (Å²) in [4.78, 5) is 18.4. The molecule has 0 aliphatic carbocycles. The zero-order chi connectivity index (χ0) is 18.1. The number of hydrogen-bond acceptors (Lipinski definition) is 4. The quantitative estimate of drug-likeness (QED) is 0.601. The van der Waals surface area contributed by atoms with Gasteiger partial charge in [0.05, 0.1) is 39.4 Å². The number of aliphatic imine (C=N–C) groups is 1. The highest BCUT2D eigenvalue weighted by molar-refractivity contribution is 6.04. The van der Waals surface area contributed by atoms with E-state index in [0.717, 1.165) is 6.54 Å². The maximum Gasteiger partial charge on any atom is 0.292 e. The van der Waals surface area contributed by atoms with Crippen LogP contribution in [-0.2, 0) is 4.74 Å². The molecule has 1 amide bonds. The van der Waals surface area contributed by atoms with Gasteiger partial charge in [0.15, 0.2) is 0 Å². The summed E-state index contributed by atoms with van der Waals surface area (Å²) in [5.41, 5.74) is 0.544. The molecule has 0 aromatic heterocycles. The fraction of sp³-hybridized carbons (Fsp3) is 0.579. The minimum absolute atomic E-state index is 0.0442. The average molecular weight is 348 g/mol. The number of hydrogen-bond donors (Lipinski definition) is 2. The topological polar surface area (TPSA) is 64.4 Å². The van der Waals surface area contributed by atoms with Gasteiger partial charge in [-0.2, -0.15) is 0 Å². The fourth-order valence-corrected chi connectivity index (χ4v) is 2.86. The molecule has 1 heterocycles. The highest BCUT2D eigenvalue weighted by Crippen LogP contribution is 2.11. The highest BCUT2D eigenvalue weighted by Gasteiger charge is 2.14. The monoisotopic (exact) mass is 348 g/mol. The minimum Gasteiger partial charge on any atom is -0.497 e. The van der Waals surface area contributed by atoms with Crippen LogP contribution in [0.1, 0.15) is 43.5 Å². The van der Waals surface area contributed by atoms with Crippen LogP contribution in [0.5, 0.6) is 5.75 Å². The van der Waals surface area contributed by atoms with Gasteiger partial charge in [0, 0.05) is 5.56 Å². The molecule has 0 bridgehead atoms. The summed E-state index contributed by atoms with van der Waals surface area (Å²) in [5, 5.41) is 2.78. The number of amides is 1. The van der Waals surface area contributed by atoms with Crippen molar-refractivity contribution < 1.29 is 19.2 Å². The molecule has 2 N–H and O–H groups in total. The molecule has 1 saturated heterocycles. The summed E-state index contributed by atoms with van der Waals surface area (Å²) in [6.07, 6.45) is 3.88. The zero-order valence-electron chi connectivity index (χ0n) is 15.5. The van der Waals surface area contributed by atoms with Crippen LogP contribution in [0.15, 0.2) is 29.3 Å². The van der Waals surface area contributed by atoms with Crippen LogP contribution in [0.4, 0.5) is 0 Å². The first-order chi connectivity index (χ1) is 12.1. The number of carbonyl (C=O) groups is 1. The molecule has 138 valence electrons. The predicted octanol–water partition coefficient (Wildman–Crippen LogP) is 1.27. The number of methoxy groups -OCH3 is 1. The third-order valence-corrected chi connectivity index (χ3v) is 4.20. The minimum atomic E-state index is -0.229. The van der Waals surface area contributed by atoms with Crippen LogP contribution in [0.3, 0.4) is 0 Å². The third kappa shape index (κ3) is 6.74. The van der Waals surface area contributed by atoms with Crippen LogP contribution < -0.4 is 15.0 Å². The molecule has 1 aromatic rings. The van der Waals surface area contributed by atoms with Gasteiger partial charge in [-0.3, -0.25) is 10.1 Å². The largest absolute Gasteiger partial charge is 0.497 e. The molecule has 0 saturated carbocycles. The smallest absolute Gasteiger partial charge is 0.292 e. The lowest BCUT2D eigenvalue weighted by atomic mass is 10.1. The van der Waals surface area contributed by atoms with Crippen LogP contribution in [0, 0.1) is 0 Å². The lowest BCUT2D eigenvalue weighted by molar-refractivity contribution is -0.903. The number of likely N-dealkylation sites (tertiary alicyclic amines) is 1. The third-order valence-electron chi connectivity index (χ3n) is 4.20. The maximum atomic E-state index is 12.4. The van der Waals surface area contributed by atoms with E-state index in [1.165, 1.54) is 32.4 Å². The van der Waals surface area contributed by atoms with Gasteiger partial charge in [-0.1, -0.05) is 0 Å². The summed E-state index contributed by atoms with van der Waals surface area (Å²) in [6.45, 7) is 7.90. The second kappa shape index (κ2) is 10.0. The van der Waals surface area contributed by atoms with E-state index < -0.39 is 0 Å². The predicted molar refractivity (Wildman–Crippen MR) is 98.4 cm³/mol. The Hall–Kier alpha value is -2.08. The number of carbonyl (C=O) groups excluding carboxylic acids is 1. The van der Waals surface area contributed by atoms with Crippen molar-refractivity contribution in [3.05, 3.63) is 29.8 Å². The van der Waals surface area contributed by atoms with Crippen molar-refractivity contribution in [2.24, 2.45) is 4.99 Å². The molecule has 0 unspecified atom stereocenters. The standard InChI is InChI=1S/C19H29N3O3/c1-15(2)25-19(20-11-14-22-12-5-4-6-13-22)21-18(23)16-7-9-17(24-3)10-8-16/h7-10,15H,4-6,11-14H2,1-3H3,(H,20,21,23)/p+1. The molecule has 0 spiro atoms. The van der Waals surface area contributed by atoms with Gasteiger partial charge < -0.3 is 14.4 Å². The van der Waals surface area contributed by atoms with Crippen molar-refractivity contribution in [2.45, 2.75) is 39.2 Å². The number of piperidine rings is 1. The molecule has 6 heteroatoms. The van der Waals surface area contributed by atoms with Crippen LogP contribution in [0.2, 0.25) is 0 Å². The van der Waals surface area contributed by atoms with Crippen molar-refractivity contribution in [3.63, 3.8) is 0 Å². The summed E-state index contributed by atoms with van der Waals surface area (Å²) >= 11 is 0. The van der Waals surface area contributed by atoms with Gasteiger partial charge in [0.25, 0.3) is 11.9 Å². The number of nitrogens with one attached hydrogen (secondary N) is 2. The van der Waals surface area contributed by atoms with Gasteiger partial charge in [-0.05, 0) is 57.4 Å². The number of benzene rings is 1. The van der Waals surface area contributed by atoms with E-state index in [4.69, 9.17) is 9.47 Å². The molecular weight excluding hydrogens is 318 g/mol. The van der Waals surface area contributed by atoms with Crippen molar-refractivity contribution in [2.75, 3.05) is 33.3 Å². The number of rotatable bonds is 6. The second-order valence-electron chi connectivity index (χ2n) is 6.60. The lowest BCUT2D eigenvalue weighted by Crippen LogP contribution is -3.13. The van der Waals surface area contributed by atoms with E-state index in [0.29, 0.717) is 23.9 Å². The van der Waals surface area contributed by atoms with Crippen molar-refractivity contribution in [3.8, 4) is 5.75 Å². The first kappa shape index (κ1) is 19.2. The first-order valence-corrected chi connectivity index (χ1v) is 9.08. The maximum absolute atomic E-state index is 12.4. The summed E-state index contributed by atoms with van der Waals surface area (Å²) in [7, 11) is 1.60. The molecule has 1 fully saturated rings. The Morgan fingerprint density at radius 3 is 2.48 bits per heavy atom. The Balaban J connectivity index is 1.92. The van der Waals surface area contributed by atoms with E-state index >= 15 is 0 Å². The average Bonchev–Trinajstić information content (AvgIpc) is 2.62. The second-order valence-corrected chi connectivity index (χ2v) is 6.60. The molecule has 0 atom stereocenters. The number of nitrogens with zero attached hydrogens (tertiary/aromatic N) is 1. The number of ether oxygens (including phenoxy) is 2. The lowest BCUT2D eigenvalue weighted by Gasteiger charge is -2.22. The first-order valence-electron chi connectivity index (χ1n) is 9.08. The van der Waals surface area contributed by atoms with E-state index in [-0.39, 0.29) is 12.0 Å². The molecule has 25 heavy (non-hydrogen) atoms. The van der Waals surface area contributed by atoms with Crippen molar-refractivity contribution >= 4 is 11.9 Å². The van der Waals surface area contributed by atoms with Crippen molar-refractivity contribution in [1.82, 2.24) is 5.32 Å². The van der Waals surface area contributed by atoms with Gasteiger partial charge >= 0.3 is 0 Å². The van der Waals surface area contributed by atoms with Gasteiger partial charge in [0.2, 0.25) is 0 Å². The SMILES string of the molecule is COc1ccc(C(=O)NC(=NCC[NH+]2CCCCC2)OC(C)C)cc1. The van der Waals surface area contributed by atoms with Gasteiger partial charge in [-0.15, -0.1) is 0 Å². The van der Waals surface area contributed by atoms with Crippen LogP contribution >= 0.6 is 0 Å². The molecule has 1 aliphatic heterocycles. The van der Waals surface area contributed by atoms with Crippen LogP contribution in [-0.4, -0.2) is 51.3 Å². The Bertz CT molecular complexity index is 564. The highest BCUT2D eigenvalue weighted by atomic mass is 16.5. The normalized spacial score (nSPS) is 15.9. The molecule has 6 nitrogen and oxygen atoms in total.